The maximum absolute atomic E-state index is 10.7. The van der Waals surface area contributed by atoms with Gasteiger partial charge in [-0.25, -0.2) is 0 Å². The Morgan fingerprint density at radius 1 is 1.50 bits per heavy atom. The van der Waals surface area contributed by atoms with Crippen molar-refractivity contribution in [2.24, 2.45) is 4.99 Å². The first kappa shape index (κ1) is 11.3. The number of nitrogens with one attached hydrogen (secondary N) is 1. The number of carbonyl (C=O) groups excluding carboxylic acids is 1. The van der Waals surface area contributed by atoms with Crippen LogP contribution in [0.5, 0.6) is 5.75 Å². The van der Waals surface area contributed by atoms with Crippen molar-refractivity contribution in [3.05, 3.63) is 30.0 Å². The highest BCUT2D eigenvalue weighted by atomic mass is 32.2. The number of methoxy groups -OCH3 is 1. The zero-order valence-corrected chi connectivity index (χ0v) is 10.7. The van der Waals surface area contributed by atoms with Crippen LogP contribution in [0.15, 0.2) is 29.3 Å². The van der Waals surface area contributed by atoms with Crippen molar-refractivity contribution in [3.8, 4) is 5.75 Å². The minimum atomic E-state index is -0.0408. The van der Waals surface area contributed by atoms with E-state index < -0.39 is 0 Å². The summed E-state index contributed by atoms with van der Waals surface area (Å²) >= 11 is 1.51. The normalized spacial score (nSPS) is 18.9. The van der Waals surface area contributed by atoms with Crippen molar-refractivity contribution in [3.63, 3.8) is 0 Å². The zero-order chi connectivity index (χ0) is 12.5. The van der Waals surface area contributed by atoms with E-state index in [-0.39, 0.29) is 5.25 Å². The second-order valence-corrected chi connectivity index (χ2v) is 5.30. The maximum Gasteiger partial charge on any atom is 0.135 e. The smallest absolute Gasteiger partial charge is 0.135 e. The van der Waals surface area contributed by atoms with E-state index >= 15 is 0 Å². The number of ether oxygens (including phenoxy) is 1. The Labute approximate surface area is 108 Å². The Morgan fingerprint density at radius 2 is 2.39 bits per heavy atom. The second-order valence-electron chi connectivity index (χ2n) is 4.07. The molecule has 1 aromatic carbocycles. The summed E-state index contributed by atoms with van der Waals surface area (Å²) in [4.78, 5) is 18.4. The van der Waals surface area contributed by atoms with Gasteiger partial charge in [0.2, 0.25) is 0 Å². The molecule has 0 fully saturated rings. The minimum absolute atomic E-state index is 0.0408. The first-order valence-electron chi connectivity index (χ1n) is 5.63. The van der Waals surface area contributed by atoms with Gasteiger partial charge in [-0.15, -0.1) is 0 Å². The zero-order valence-electron chi connectivity index (χ0n) is 9.84. The Hall–Kier alpha value is -1.75. The molecule has 1 aliphatic rings. The number of aldehydes is 1. The van der Waals surface area contributed by atoms with Gasteiger partial charge in [-0.05, 0) is 24.3 Å². The monoisotopic (exact) mass is 260 g/mol. The van der Waals surface area contributed by atoms with E-state index in [0.29, 0.717) is 6.54 Å². The molecule has 0 aliphatic carbocycles. The number of H-pyrrole nitrogens is 1. The highest BCUT2D eigenvalue weighted by Crippen LogP contribution is 2.27. The van der Waals surface area contributed by atoms with Crippen LogP contribution in [-0.4, -0.2) is 35.2 Å². The fourth-order valence-electron chi connectivity index (χ4n) is 1.96. The molecule has 1 N–H and O–H groups in total. The third-order valence-electron chi connectivity index (χ3n) is 2.89. The number of benzene rings is 1. The molecule has 1 aromatic heterocycles. The van der Waals surface area contributed by atoms with Crippen molar-refractivity contribution in [1.82, 2.24) is 4.98 Å². The summed E-state index contributed by atoms with van der Waals surface area (Å²) in [5.74, 6) is 0.833. The predicted molar refractivity (Wildman–Crippen MR) is 73.7 cm³/mol. The van der Waals surface area contributed by atoms with Crippen LogP contribution < -0.4 is 4.74 Å². The molecule has 0 saturated heterocycles. The lowest BCUT2D eigenvalue weighted by Crippen LogP contribution is -2.03. The molecule has 1 aliphatic heterocycles. The summed E-state index contributed by atoms with van der Waals surface area (Å²) in [6, 6.07) is 7.92. The average molecular weight is 260 g/mol. The van der Waals surface area contributed by atoms with Crippen LogP contribution in [0.2, 0.25) is 0 Å². The van der Waals surface area contributed by atoms with E-state index in [0.717, 1.165) is 33.7 Å². The first-order chi connectivity index (χ1) is 8.80. The van der Waals surface area contributed by atoms with Crippen molar-refractivity contribution in [1.29, 1.82) is 0 Å². The van der Waals surface area contributed by atoms with E-state index in [1.807, 2.05) is 24.3 Å². The summed E-state index contributed by atoms with van der Waals surface area (Å²) < 4.78 is 5.20. The predicted octanol–water partition coefficient (Wildman–Crippen LogP) is 2.24. The topological polar surface area (TPSA) is 54.4 Å². The van der Waals surface area contributed by atoms with Crippen molar-refractivity contribution in [2.75, 3.05) is 13.7 Å². The summed E-state index contributed by atoms with van der Waals surface area (Å²) in [6.07, 6.45) is 0.951. The standard InChI is InChI=1S/C13H12N2O2S/c1-17-9-2-3-11-8(4-9)5-12(15-11)13-14-6-10(7-16)18-13/h2-5,7,10,15H,6H2,1H3. The summed E-state index contributed by atoms with van der Waals surface area (Å²) in [7, 11) is 1.65. The number of hydrogen-bond donors (Lipinski definition) is 1. The van der Waals surface area contributed by atoms with Crippen LogP contribution in [0, 0.1) is 0 Å². The molecule has 1 atom stereocenters. The third-order valence-corrected chi connectivity index (χ3v) is 4.02. The largest absolute Gasteiger partial charge is 0.497 e. The summed E-state index contributed by atoms with van der Waals surface area (Å²) in [5, 5.41) is 1.95. The molecule has 3 rings (SSSR count). The Morgan fingerprint density at radius 3 is 3.11 bits per heavy atom. The lowest BCUT2D eigenvalue weighted by Gasteiger charge is -1.97. The quantitative estimate of drug-likeness (QED) is 0.861. The van der Waals surface area contributed by atoms with E-state index in [1.54, 1.807) is 7.11 Å². The van der Waals surface area contributed by atoms with Gasteiger partial charge >= 0.3 is 0 Å². The van der Waals surface area contributed by atoms with Gasteiger partial charge in [0.15, 0.2) is 0 Å². The number of nitrogens with zero attached hydrogens (tertiary/aromatic N) is 1. The molecule has 0 spiro atoms. The van der Waals surface area contributed by atoms with E-state index in [1.165, 1.54) is 11.8 Å². The van der Waals surface area contributed by atoms with E-state index in [2.05, 4.69) is 9.98 Å². The maximum atomic E-state index is 10.7. The van der Waals surface area contributed by atoms with Crippen LogP contribution in [0.4, 0.5) is 0 Å². The summed E-state index contributed by atoms with van der Waals surface area (Å²) in [5.41, 5.74) is 2.01. The molecule has 0 amide bonds. The number of aromatic amines is 1. The van der Waals surface area contributed by atoms with E-state index in [4.69, 9.17) is 4.74 Å². The Balaban J connectivity index is 1.96. The van der Waals surface area contributed by atoms with Crippen LogP contribution in [0.1, 0.15) is 5.69 Å². The van der Waals surface area contributed by atoms with E-state index in [9.17, 15) is 4.79 Å². The number of fused-ring (bicyclic) bond motifs is 1. The van der Waals surface area contributed by atoms with Crippen LogP contribution in [-0.2, 0) is 4.79 Å². The number of aromatic nitrogens is 1. The van der Waals surface area contributed by atoms with Gasteiger partial charge in [-0.3, -0.25) is 4.99 Å². The van der Waals surface area contributed by atoms with Crippen molar-refractivity contribution >= 4 is 34.0 Å². The molecule has 0 bridgehead atoms. The highest BCUT2D eigenvalue weighted by molar-refractivity contribution is 8.15. The van der Waals surface area contributed by atoms with Crippen LogP contribution in [0.3, 0.4) is 0 Å². The fraction of sp³-hybridized carbons (Fsp3) is 0.231. The SMILES string of the molecule is COc1ccc2[nH]c(C3=NCC(C=O)S3)cc2c1. The third kappa shape index (κ3) is 1.90. The molecular weight excluding hydrogens is 248 g/mol. The molecule has 0 saturated carbocycles. The fourth-order valence-corrected chi connectivity index (χ4v) is 2.84. The molecule has 2 heterocycles. The minimum Gasteiger partial charge on any atom is -0.497 e. The van der Waals surface area contributed by atoms with Crippen molar-refractivity contribution in [2.45, 2.75) is 5.25 Å². The van der Waals surface area contributed by atoms with Gasteiger partial charge in [-0.1, -0.05) is 11.8 Å². The number of thioether (sulfide) groups is 1. The molecule has 2 aromatic rings. The molecule has 5 heteroatoms. The van der Waals surface area contributed by atoms with Crippen LogP contribution in [0.25, 0.3) is 10.9 Å². The Bertz CT molecular complexity index is 633. The number of hydrogen-bond acceptors (Lipinski definition) is 4. The van der Waals surface area contributed by atoms with Crippen molar-refractivity contribution < 1.29 is 9.53 Å². The second kappa shape index (κ2) is 4.49. The first-order valence-corrected chi connectivity index (χ1v) is 6.51. The number of carbonyl (C=O) groups is 1. The highest BCUT2D eigenvalue weighted by Gasteiger charge is 2.21. The van der Waals surface area contributed by atoms with Gasteiger partial charge in [0.1, 0.15) is 17.1 Å². The van der Waals surface area contributed by atoms with Crippen LogP contribution >= 0.6 is 11.8 Å². The summed E-state index contributed by atoms with van der Waals surface area (Å²) in [6.45, 7) is 0.572. The molecular formula is C13H12N2O2S. The van der Waals surface area contributed by atoms with Gasteiger partial charge in [-0.2, -0.15) is 0 Å². The molecule has 0 radical (unpaired) electrons. The lowest BCUT2D eigenvalue weighted by molar-refractivity contribution is -0.107. The lowest BCUT2D eigenvalue weighted by atomic mass is 10.2. The molecule has 18 heavy (non-hydrogen) atoms. The average Bonchev–Trinajstić information content (AvgIpc) is 3.03. The number of rotatable bonds is 3. The van der Waals surface area contributed by atoms with Gasteiger partial charge < -0.3 is 14.5 Å². The molecule has 92 valence electrons. The Kier molecular flexibility index (Phi) is 2.83. The van der Waals surface area contributed by atoms with Gasteiger partial charge in [0.25, 0.3) is 0 Å². The van der Waals surface area contributed by atoms with Gasteiger partial charge in [0.05, 0.1) is 24.6 Å². The van der Waals surface area contributed by atoms with Gasteiger partial charge in [0, 0.05) is 10.9 Å². The molecule has 1 unspecified atom stereocenters. The number of aliphatic imine (C=N–C) groups is 1. The molecule has 4 nitrogen and oxygen atoms in total.